The van der Waals surface area contributed by atoms with E-state index in [1.807, 2.05) is 37.3 Å². The van der Waals surface area contributed by atoms with Gasteiger partial charge in [-0.15, -0.1) is 0 Å². The van der Waals surface area contributed by atoms with E-state index in [9.17, 15) is 0 Å². The van der Waals surface area contributed by atoms with Gasteiger partial charge < -0.3 is 10.5 Å². The minimum absolute atomic E-state index is 0.261. The molecule has 18 heavy (non-hydrogen) atoms. The average molecular weight is 263 g/mol. The van der Waals surface area contributed by atoms with E-state index in [0.29, 0.717) is 11.6 Å². The van der Waals surface area contributed by atoms with Crippen LogP contribution < -0.4 is 10.5 Å². The first-order valence-electron chi connectivity index (χ1n) is 5.74. The number of ether oxygens (including phenoxy) is 1. The van der Waals surface area contributed by atoms with Crippen LogP contribution in [0.2, 0.25) is 5.02 Å². The fraction of sp³-hybridized carbons (Fsp3) is 0.214. The SMILES string of the molecule is Cc1ccc(Cl)cc1OC(CN)c1ccccn1. The Morgan fingerprint density at radius 3 is 2.83 bits per heavy atom. The lowest BCUT2D eigenvalue weighted by Gasteiger charge is -2.18. The summed E-state index contributed by atoms with van der Waals surface area (Å²) in [7, 11) is 0. The second-order valence-corrected chi connectivity index (χ2v) is 4.44. The summed E-state index contributed by atoms with van der Waals surface area (Å²) in [6.45, 7) is 2.33. The Bertz CT molecular complexity index is 516. The normalized spacial score (nSPS) is 12.2. The topological polar surface area (TPSA) is 48.1 Å². The van der Waals surface area contributed by atoms with Crippen LogP contribution in [0.1, 0.15) is 17.4 Å². The number of hydrogen-bond donors (Lipinski definition) is 1. The van der Waals surface area contributed by atoms with Gasteiger partial charge >= 0.3 is 0 Å². The van der Waals surface area contributed by atoms with E-state index in [0.717, 1.165) is 17.0 Å². The molecule has 0 saturated heterocycles. The molecule has 1 aromatic carbocycles. The van der Waals surface area contributed by atoms with Gasteiger partial charge in [-0.25, -0.2) is 0 Å². The van der Waals surface area contributed by atoms with E-state index in [1.54, 1.807) is 12.3 Å². The van der Waals surface area contributed by atoms with Crippen molar-refractivity contribution in [2.45, 2.75) is 13.0 Å². The van der Waals surface area contributed by atoms with E-state index in [-0.39, 0.29) is 6.10 Å². The molecule has 3 nitrogen and oxygen atoms in total. The number of pyridine rings is 1. The van der Waals surface area contributed by atoms with Gasteiger partial charge in [0.15, 0.2) is 6.10 Å². The first-order valence-corrected chi connectivity index (χ1v) is 6.12. The Kier molecular flexibility index (Phi) is 4.18. The smallest absolute Gasteiger partial charge is 0.153 e. The molecule has 2 N–H and O–H groups in total. The van der Waals surface area contributed by atoms with Crippen LogP contribution >= 0.6 is 11.6 Å². The molecule has 0 saturated carbocycles. The number of nitrogens with zero attached hydrogens (tertiary/aromatic N) is 1. The third-order valence-corrected chi connectivity index (χ3v) is 2.89. The highest BCUT2D eigenvalue weighted by Crippen LogP contribution is 2.26. The summed E-state index contributed by atoms with van der Waals surface area (Å²) in [5.41, 5.74) is 7.58. The molecule has 1 aromatic heterocycles. The van der Waals surface area contributed by atoms with Crippen molar-refractivity contribution in [3.63, 3.8) is 0 Å². The number of aryl methyl sites for hydroxylation is 1. The molecule has 0 aliphatic heterocycles. The zero-order valence-electron chi connectivity index (χ0n) is 10.1. The first-order chi connectivity index (χ1) is 8.70. The molecular formula is C14H15ClN2O. The lowest BCUT2D eigenvalue weighted by atomic mass is 10.2. The van der Waals surface area contributed by atoms with Gasteiger partial charge in [0.1, 0.15) is 5.75 Å². The van der Waals surface area contributed by atoms with E-state index >= 15 is 0 Å². The Balaban J connectivity index is 2.23. The molecule has 4 heteroatoms. The average Bonchev–Trinajstić information content (AvgIpc) is 2.41. The molecule has 1 unspecified atom stereocenters. The molecule has 1 atom stereocenters. The van der Waals surface area contributed by atoms with Crippen LogP contribution in [0.4, 0.5) is 0 Å². The number of halogens is 1. The second-order valence-electron chi connectivity index (χ2n) is 4.01. The third-order valence-electron chi connectivity index (χ3n) is 2.65. The molecule has 0 bridgehead atoms. The van der Waals surface area contributed by atoms with Crippen LogP contribution in [-0.4, -0.2) is 11.5 Å². The van der Waals surface area contributed by atoms with E-state index in [1.165, 1.54) is 0 Å². The van der Waals surface area contributed by atoms with Crippen LogP contribution in [-0.2, 0) is 0 Å². The highest BCUT2D eigenvalue weighted by atomic mass is 35.5. The lowest BCUT2D eigenvalue weighted by molar-refractivity contribution is 0.208. The van der Waals surface area contributed by atoms with Gasteiger partial charge in [0.05, 0.1) is 5.69 Å². The molecule has 0 amide bonds. The number of benzene rings is 1. The van der Waals surface area contributed by atoms with Crippen molar-refractivity contribution in [2.75, 3.05) is 6.54 Å². The highest BCUT2D eigenvalue weighted by molar-refractivity contribution is 6.30. The van der Waals surface area contributed by atoms with Gasteiger partial charge in [0.25, 0.3) is 0 Å². The van der Waals surface area contributed by atoms with E-state index in [4.69, 9.17) is 22.1 Å². The Morgan fingerprint density at radius 1 is 1.33 bits per heavy atom. The van der Waals surface area contributed by atoms with Gasteiger partial charge in [-0.1, -0.05) is 23.7 Å². The maximum atomic E-state index is 5.96. The first kappa shape index (κ1) is 12.9. The fourth-order valence-corrected chi connectivity index (χ4v) is 1.81. The maximum Gasteiger partial charge on any atom is 0.153 e. The monoisotopic (exact) mass is 262 g/mol. The minimum Gasteiger partial charge on any atom is -0.482 e. The molecule has 0 spiro atoms. The molecule has 94 valence electrons. The molecule has 2 rings (SSSR count). The van der Waals surface area contributed by atoms with Crippen LogP contribution in [0.15, 0.2) is 42.6 Å². The van der Waals surface area contributed by atoms with Crippen molar-refractivity contribution >= 4 is 11.6 Å². The molecule has 1 heterocycles. The zero-order chi connectivity index (χ0) is 13.0. The summed E-state index contributed by atoms with van der Waals surface area (Å²) in [4.78, 5) is 4.26. The van der Waals surface area contributed by atoms with Crippen molar-refractivity contribution in [3.8, 4) is 5.75 Å². The van der Waals surface area contributed by atoms with Crippen LogP contribution in [0.3, 0.4) is 0 Å². The van der Waals surface area contributed by atoms with Gasteiger partial charge in [0, 0.05) is 17.8 Å². The van der Waals surface area contributed by atoms with Crippen LogP contribution in [0.25, 0.3) is 0 Å². The molecule has 2 aromatic rings. The van der Waals surface area contributed by atoms with Gasteiger partial charge in [-0.2, -0.15) is 0 Å². The fourth-order valence-electron chi connectivity index (χ4n) is 1.65. The summed E-state index contributed by atoms with van der Waals surface area (Å²) in [5.74, 6) is 0.739. The number of aromatic nitrogens is 1. The Hall–Kier alpha value is -1.58. The number of rotatable bonds is 4. The Morgan fingerprint density at radius 2 is 2.17 bits per heavy atom. The maximum absolute atomic E-state index is 5.96. The molecule has 0 aliphatic rings. The highest BCUT2D eigenvalue weighted by Gasteiger charge is 2.13. The molecule has 0 radical (unpaired) electrons. The van der Waals surface area contributed by atoms with E-state index in [2.05, 4.69) is 4.98 Å². The standard InChI is InChI=1S/C14H15ClN2O/c1-10-5-6-11(15)8-13(10)18-14(9-16)12-4-2-3-7-17-12/h2-8,14H,9,16H2,1H3. The van der Waals surface area contributed by atoms with Crippen LogP contribution in [0.5, 0.6) is 5.75 Å². The number of hydrogen-bond acceptors (Lipinski definition) is 3. The summed E-state index contributed by atoms with van der Waals surface area (Å²) < 4.78 is 5.89. The zero-order valence-corrected chi connectivity index (χ0v) is 10.9. The van der Waals surface area contributed by atoms with Crippen molar-refractivity contribution < 1.29 is 4.74 Å². The lowest BCUT2D eigenvalue weighted by Crippen LogP contribution is -2.19. The van der Waals surface area contributed by atoms with Crippen molar-refractivity contribution in [1.82, 2.24) is 4.98 Å². The van der Waals surface area contributed by atoms with E-state index < -0.39 is 0 Å². The van der Waals surface area contributed by atoms with Crippen molar-refractivity contribution in [3.05, 3.63) is 58.9 Å². The number of nitrogens with two attached hydrogens (primary N) is 1. The quantitative estimate of drug-likeness (QED) is 0.921. The largest absolute Gasteiger partial charge is 0.482 e. The van der Waals surface area contributed by atoms with Gasteiger partial charge in [0.2, 0.25) is 0 Å². The van der Waals surface area contributed by atoms with Gasteiger partial charge in [-0.05, 0) is 36.8 Å². The van der Waals surface area contributed by atoms with Crippen LogP contribution in [0, 0.1) is 6.92 Å². The summed E-state index contributed by atoms with van der Waals surface area (Å²) in [6.07, 6.45) is 1.47. The molecule has 0 aliphatic carbocycles. The summed E-state index contributed by atoms with van der Waals surface area (Å²) in [5, 5.41) is 0.646. The summed E-state index contributed by atoms with van der Waals surface area (Å²) >= 11 is 5.96. The minimum atomic E-state index is -0.261. The van der Waals surface area contributed by atoms with Crippen molar-refractivity contribution in [1.29, 1.82) is 0 Å². The second kappa shape index (κ2) is 5.85. The predicted molar refractivity (Wildman–Crippen MR) is 72.8 cm³/mol. The molecule has 0 fully saturated rings. The Labute approximate surface area is 112 Å². The molecular weight excluding hydrogens is 248 g/mol. The van der Waals surface area contributed by atoms with Gasteiger partial charge in [-0.3, -0.25) is 4.98 Å². The van der Waals surface area contributed by atoms with Crippen molar-refractivity contribution in [2.24, 2.45) is 5.73 Å². The summed E-state index contributed by atoms with van der Waals surface area (Å²) in [6, 6.07) is 11.2. The predicted octanol–water partition coefficient (Wildman–Crippen LogP) is 3.12. The third kappa shape index (κ3) is 3.00.